The van der Waals surface area contributed by atoms with E-state index in [-0.39, 0.29) is 0 Å². The Labute approximate surface area is 143 Å². The van der Waals surface area contributed by atoms with Crippen LogP contribution in [0.25, 0.3) is 0 Å². The van der Waals surface area contributed by atoms with Gasteiger partial charge in [-0.3, -0.25) is 0 Å². The second-order valence-electron chi connectivity index (χ2n) is 7.38. The highest BCUT2D eigenvalue weighted by Gasteiger charge is 2.34. The zero-order valence-electron chi connectivity index (χ0n) is 14.6. The standard InChI is InChI=1S/C20H32O2Si/c1-21-20-15-9-8-10-17(20)16-22-23(18-11-4-2-5-12-18)19-13-6-3-7-14-19/h8-10,15,18-19,23H,2-7,11-14,16H2,1H3. The summed E-state index contributed by atoms with van der Waals surface area (Å²) >= 11 is 0. The Kier molecular flexibility index (Phi) is 6.58. The van der Waals surface area contributed by atoms with Crippen LogP contribution in [-0.4, -0.2) is 16.2 Å². The maximum atomic E-state index is 6.71. The van der Waals surface area contributed by atoms with E-state index in [0.29, 0.717) is 0 Å². The lowest BCUT2D eigenvalue weighted by molar-refractivity contribution is 0.265. The van der Waals surface area contributed by atoms with Crippen molar-refractivity contribution in [3.05, 3.63) is 29.8 Å². The van der Waals surface area contributed by atoms with Gasteiger partial charge in [-0.2, -0.15) is 0 Å². The Morgan fingerprint density at radius 3 is 2.00 bits per heavy atom. The third kappa shape index (κ3) is 4.60. The van der Waals surface area contributed by atoms with Crippen molar-refractivity contribution in [1.82, 2.24) is 0 Å². The van der Waals surface area contributed by atoms with Crippen molar-refractivity contribution >= 4 is 9.04 Å². The number of rotatable bonds is 6. The van der Waals surface area contributed by atoms with Crippen LogP contribution in [0.1, 0.15) is 69.8 Å². The van der Waals surface area contributed by atoms with Crippen molar-refractivity contribution in [2.75, 3.05) is 7.11 Å². The van der Waals surface area contributed by atoms with E-state index in [4.69, 9.17) is 9.16 Å². The minimum absolute atomic E-state index is 0.758. The van der Waals surface area contributed by atoms with E-state index in [0.717, 1.165) is 23.4 Å². The molecule has 2 saturated carbocycles. The van der Waals surface area contributed by atoms with Crippen molar-refractivity contribution in [2.24, 2.45) is 0 Å². The number of methoxy groups -OCH3 is 1. The lowest BCUT2D eigenvalue weighted by Crippen LogP contribution is -2.33. The minimum Gasteiger partial charge on any atom is -0.496 e. The lowest BCUT2D eigenvalue weighted by Gasteiger charge is -2.36. The molecule has 3 heteroatoms. The third-order valence-corrected chi connectivity index (χ3v) is 9.60. The fourth-order valence-corrected chi connectivity index (χ4v) is 8.53. The fraction of sp³-hybridized carbons (Fsp3) is 0.700. The molecule has 1 aromatic carbocycles. The molecule has 0 amide bonds. The van der Waals surface area contributed by atoms with E-state index in [1.165, 1.54) is 69.8 Å². The van der Waals surface area contributed by atoms with Gasteiger partial charge in [0.05, 0.1) is 13.7 Å². The van der Waals surface area contributed by atoms with Crippen LogP contribution in [0.15, 0.2) is 24.3 Å². The first-order valence-corrected chi connectivity index (χ1v) is 11.4. The molecule has 23 heavy (non-hydrogen) atoms. The Morgan fingerprint density at radius 2 is 1.43 bits per heavy atom. The van der Waals surface area contributed by atoms with E-state index in [9.17, 15) is 0 Å². The molecule has 0 aliphatic heterocycles. The molecule has 2 nitrogen and oxygen atoms in total. The SMILES string of the molecule is COc1ccccc1CO[SiH](C1CCCCC1)C1CCCCC1. The lowest BCUT2D eigenvalue weighted by atomic mass is 9.99. The second-order valence-corrected chi connectivity index (χ2v) is 10.5. The Bertz CT molecular complexity index is 446. The van der Waals surface area contributed by atoms with Gasteiger partial charge in [0.1, 0.15) is 5.75 Å². The zero-order valence-corrected chi connectivity index (χ0v) is 15.8. The maximum absolute atomic E-state index is 6.71. The van der Waals surface area contributed by atoms with Gasteiger partial charge in [-0.25, -0.2) is 0 Å². The smallest absolute Gasteiger partial charge is 0.183 e. The molecule has 0 spiro atoms. The average Bonchev–Trinajstić information content (AvgIpc) is 2.64. The molecule has 0 radical (unpaired) electrons. The molecule has 3 rings (SSSR count). The summed E-state index contributed by atoms with van der Waals surface area (Å²) in [7, 11) is 0.606. The number of para-hydroxylation sites is 1. The Hall–Kier alpha value is -0.803. The molecule has 0 heterocycles. The van der Waals surface area contributed by atoms with Gasteiger partial charge in [0.2, 0.25) is 0 Å². The average molecular weight is 333 g/mol. The van der Waals surface area contributed by atoms with Gasteiger partial charge in [0.15, 0.2) is 9.04 Å². The molecule has 0 saturated heterocycles. The number of benzene rings is 1. The van der Waals surface area contributed by atoms with Crippen LogP contribution in [0.3, 0.4) is 0 Å². The summed E-state index contributed by atoms with van der Waals surface area (Å²) in [6, 6.07) is 8.35. The van der Waals surface area contributed by atoms with Crippen molar-refractivity contribution in [3.8, 4) is 5.75 Å². The molecule has 0 aromatic heterocycles. The summed E-state index contributed by atoms with van der Waals surface area (Å²) in [5, 5.41) is 0. The van der Waals surface area contributed by atoms with Crippen molar-refractivity contribution in [2.45, 2.75) is 81.9 Å². The molecule has 0 bridgehead atoms. The normalized spacial score (nSPS) is 20.8. The largest absolute Gasteiger partial charge is 0.496 e. The summed E-state index contributed by atoms with van der Waals surface area (Å²) < 4.78 is 12.2. The van der Waals surface area contributed by atoms with Crippen LogP contribution >= 0.6 is 0 Å². The first kappa shape index (κ1) is 17.0. The Morgan fingerprint density at radius 1 is 0.870 bits per heavy atom. The first-order valence-electron chi connectivity index (χ1n) is 9.62. The van der Waals surface area contributed by atoms with Crippen molar-refractivity contribution < 1.29 is 9.16 Å². The fourth-order valence-electron chi connectivity index (χ4n) is 4.59. The summed E-state index contributed by atoms with van der Waals surface area (Å²) in [6.45, 7) is 0.758. The number of hydrogen-bond donors (Lipinski definition) is 0. The summed E-state index contributed by atoms with van der Waals surface area (Å²) in [5.41, 5.74) is 3.06. The molecule has 0 N–H and O–H groups in total. The van der Waals surface area contributed by atoms with Crippen LogP contribution in [0.5, 0.6) is 5.75 Å². The summed E-state index contributed by atoms with van der Waals surface area (Å²) in [6.07, 6.45) is 14.3. The van der Waals surface area contributed by atoms with E-state index in [1.807, 2.05) is 6.07 Å². The zero-order chi connectivity index (χ0) is 15.9. The molecule has 0 unspecified atom stereocenters. The molecule has 128 valence electrons. The van der Waals surface area contributed by atoms with Gasteiger partial charge in [-0.1, -0.05) is 82.4 Å². The molecule has 2 fully saturated rings. The predicted octanol–water partition coefficient (Wildman–Crippen LogP) is 5.60. The van der Waals surface area contributed by atoms with E-state index in [2.05, 4.69) is 18.2 Å². The van der Waals surface area contributed by atoms with Crippen LogP contribution in [-0.2, 0) is 11.0 Å². The van der Waals surface area contributed by atoms with Crippen molar-refractivity contribution in [3.63, 3.8) is 0 Å². The van der Waals surface area contributed by atoms with Gasteiger partial charge in [-0.15, -0.1) is 0 Å². The van der Waals surface area contributed by atoms with Crippen LogP contribution in [0.4, 0.5) is 0 Å². The second kappa shape index (κ2) is 8.88. The van der Waals surface area contributed by atoms with Gasteiger partial charge in [0.25, 0.3) is 0 Å². The third-order valence-electron chi connectivity index (χ3n) is 5.85. The maximum Gasteiger partial charge on any atom is 0.183 e. The monoisotopic (exact) mass is 332 g/mol. The number of ether oxygens (including phenoxy) is 1. The van der Waals surface area contributed by atoms with Crippen LogP contribution in [0.2, 0.25) is 11.1 Å². The highest BCUT2D eigenvalue weighted by atomic mass is 28.3. The molecule has 0 atom stereocenters. The quantitative estimate of drug-likeness (QED) is 0.631. The van der Waals surface area contributed by atoms with E-state index < -0.39 is 9.04 Å². The van der Waals surface area contributed by atoms with Gasteiger partial charge in [0, 0.05) is 5.56 Å². The van der Waals surface area contributed by atoms with Gasteiger partial charge in [-0.05, 0) is 17.1 Å². The molecular weight excluding hydrogens is 300 g/mol. The molecule has 2 aliphatic rings. The minimum atomic E-state index is -1.15. The molecule has 2 aliphatic carbocycles. The highest BCUT2D eigenvalue weighted by molar-refractivity contribution is 6.55. The summed E-state index contributed by atoms with van der Waals surface area (Å²) in [4.78, 5) is 0. The van der Waals surface area contributed by atoms with Gasteiger partial charge >= 0.3 is 0 Å². The van der Waals surface area contributed by atoms with Crippen LogP contribution < -0.4 is 4.74 Å². The topological polar surface area (TPSA) is 18.5 Å². The highest BCUT2D eigenvalue weighted by Crippen LogP contribution is 2.42. The van der Waals surface area contributed by atoms with E-state index >= 15 is 0 Å². The number of hydrogen-bond acceptors (Lipinski definition) is 2. The molecule has 1 aromatic rings. The predicted molar refractivity (Wildman–Crippen MR) is 98.6 cm³/mol. The van der Waals surface area contributed by atoms with E-state index in [1.54, 1.807) is 7.11 Å². The molecular formula is C20H32O2Si. The summed E-state index contributed by atoms with van der Waals surface area (Å²) in [5.74, 6) is 0.979. The van der Waals surface area contributed by atoms with Crippen molar-refractivity contribution in [1.29, 1.82) is 0 Å². The van der Waals surface area contributed by atoms with Gasteiger partial charge < -0.3 is 9.16 Å². The van der Waals surface area contributed by atoms with Crippen LogP contribution in [0, 0.1) is 0 Å². The Balaban J connectivity index is 1.67. The first-order chi connectivity index (χ1) is 11.4.